The lowest BCUT2D eigenvalue weighted by Gasteiger charge is -2.36. The summed E-state index contributed by atoms with van der Waals surface area (Å²) in [6.07, 6.45) is 1.87. The molecule has 114 valence electrons. The Bertz CT molecular complexity index is 482. The minimum Gasteiger partial charge on any atom is -0.359 e. The van der Waals surface area contributed by atoms with Crippen LogP contribution in [0.15, 0.2) is 30.3 Å². The molecule has 0 bridgehead atoms. The van der Waals surface area contributed by atoms with Crippen LogP contribution in [-0.4, -0.2) is 38.5 Å². The molecule has 1 heterocycles. The van der Waals surface area contributed by atoms with E-state index in [9.17, 15) is 9.59 Å². The molecule has 5 nitrogen and oxygen atoms in total. The third-order valence-corrected chi connectivity index (χ3v) is 4.13. The predicted molar refractivity (Wildman–Crippen MR) is 81.9 cm³/mol. The van der Waals surface area contributed by atoms with Gasteiger partial charge in [0.15, 0.2) is 0 Å². The summed E-state index contributed by atoms with van der Waals surface area (Å²) in [7, 11) is 1.60. The Kier molecular flexibility index (Phi) is 5.33. The first-order valence-electron chi connectivity index (χ1n) is 7.44. The number of benzene rings is 1. The van der Waals surface area contributed by atoms with Gasteiger partial charge in [-0.3, -0.25) is 9.59 Å². The first-order valence-corrected chi connectivity index (χ1v) is 7.44. The van der Waals surface area contributed by atoms with Crippen molar-refractivity contribution in [3.05, 3.63) is 35.9 Å². The number of hydrogen-bond donors (Lipinski definition) is 3. The molecule has 0 saturated carbocycles. The van der Waals surface area contributed by atoms with E-state index >= 15 is 0 Å². The zero-order chi connectivity index (χ0) is 15.1. The molecule has 1 fully saturated rings. The van der Waals surface area contributed by atoms with Gasteiger partial charge in [0.25, 0.3) is 0 Å². The maximum absolute atomic E-state index is 12.7. The van der Waals surface area contributed by atoms with E-state index in [4.69, 9.17) is 0 Å². The van der Waals surface area contributed by atoms with Gasteiger partial charge in [-0.25, -0.2) is 0 Å². The molecule has 1 aromatic rings. The lowest BCUT2D eigenvalue weighted by Crippen LogP contribution is -2.51. The molecule has 1 aromatic carbocycles. The summed E-state index contributed by atoms with van der Waals surface area (Å²) < 4.78 is 0. The number of rotatable bonds is 5. The summed E-state index contributed by atoms with van der Waals surface area (Å²) in [6, 6.07) is 9.93. The van der Waals surface area contributed by atoms with Crippen molar-refractivity contribution in [1.82, 2.24) is 16.0 Å². The molecule has 2 amide bonds. The van der Waals surface area contributed by atoms with Gasteiger partial charge in [0.1, 0.15) is 0 Å². The summed E-state index contributed by atoms with van der Waals surface area (Å²) in [5, 5.41) is 8.79. The SMILES string of the molecule is CNC(=O)CCNC(=O)C1(c2ccccc2)CCNCC1. The summed E-state index contributed by atoms with van der Waals surface area (Å²) in [6.45, 7) is 2.04. The number of piperidine rings is 1. The Morgan fingerprint density at radius 2 is 1.86 bits per heavy atom. The molecular formula is C16H23N3O2. The Morgan fingerprint density at radius 1 is 1.19 bits per heavy atom. The molecule has 1 aliphatic rings. The largest absolute Gasteiger partial charge is 0.359 e. The molecule has 0 unspecified atom stereocenters. The van der Waals surface area contributed by atoms with Crippen LogP contribution in [0, 0.1) is 0 Å². The average Bonchev–Trinajstić information content (AvgIpc) is 2.56. The maximum atomic E-state index is 12.7. The first kappa shape index (κ1) is 15.5. The van der Waals surface area contributed by atoms with Gasteiger partial charge in [-0.05, 0) is 31.5 Å². The van der Waals surface area contributed by atoms with Crippen LogP contribution in [0.2, 0.25) is 0 Å². The standard InChI is InChI=1S/C16H23N3O2/c1-17-14(20)7-10-19-15(21)16(8-11-18-12-9-16)13-5-3-2-4-6-13/h2-6,18H,7-12H2,1H3,(H,17,20)(H,19,21). The molecule has 1 aliphatic heterocycles. The molecule has 3 N–H and O–H groups in total. The van der Waals surface area contributed by atoms with Gasteiger partial charge < -0.3 is 16.0 Å². The van der Waals surface area contributed by atoms with Gasteiger partial charge in [0.05, 0.1) is 5.41 Å². The Balaban J connectivity index is 2.09. The minimum absolute atomic E-state index is 0.0269. The Labute approximate surface area is 125 Å². The van der Waals surface area contributed by atoms with Crippen LogP contribution in [0.5, 0.6) is 0 Å². The van der Waals surface area contributed by atoms with Crippen molar-refractivity contribution in [1.29, 1.82) is 0 Å². The van der Waals surface area contributed by atoms with Crippen LogP contribution in [0.4, 0.5) is 0 Å². The first-order chi connectivity index (χ1) is 10.2. The van der Waals surface area contributed by atoms with E-state index in [-0.39, 0.29) is 11.8 Å². The molecule has 0 radical (unpaired) electrons. The van der Waals surface area contributed by atoms with Crippen molar-refractivity contribution in [2.24, 2.45) is 0 Å². The van der Waals surface area contributed by atoms with Crippen LogP contribution in [0.3, 0.4) is 0 Å². The second kappa shape index (κ2) is 7.22. The number of carbonyl (C=O) groups is 2. The average molecular weight is 289 g/mol. The van der Waals surface area contributed by atoms with Crippen LogP contribution in [0.1, 0.15) is 24.8 Å². The molecule has 1 saturated heterocycles. The molecule has 0 atom stereocenters. The van der Waals surface area contributed by atoms with Crippen molar-refractivity contribution in [2.75, 3.05) is 26.7 Å². The highest BCUT2D eigenvalue weighted by atomic mass is 16.2. The quantitative estimate of drug-likeness (QED) is 0.742. The molecule has 0 aliphatic carbocycles. The van der Waals surface area contributed by atoms with Crippen LogP contribution >= 0.6 is 0 Å². The van der Waals surface area contributed by atoms with Crippen molar-refractivity contribution >= 4 is 11.8 Å². The van der Waals surface area contributed by atoms with Gasteiger partial charge in [0.2, 0.25) is 11.8 Å². The zero-order valence-electron chi connectivity index (χ0n) is 12.4. The number of hydrogen-bond acceptors (Lipinski definition) is 3. The van der Waals surface area contributed by atoms with Crippen molar-refractivity contribution < 1.29 is 9.59 Å². The van der Waals surface area contributed by atoms with Crippen molar-refractivity contribution in [2.45, 2.75) is 24.7 Å². The fourth-order valence-electron chi connectivity index (χ4n) is 2.84. The topological polar surface area (TPSA) is 70.2 Å². The molecular weight excluding hydrogens is 266 g/mol. The number of nitrogens with one attached hydrogen (secondary N) is 3. The van der Waals surface area contributed by atoms with Gasteiger partial charge in [-0.15, -0.1) is 0 Å². The van der Waals surface area contributed by atoms with E-state index in [1.807, 2.05) is 30.3 Å². The maximum Gasteiger partial charge on any atom is 0.230 e. The fraction of sp³-hybridized carbons (Fsp3) is 0.500. The summed E-state index contributed by atoms with van der Waals surface area (Å²) in [4.78, 5) is 24.0. The summed E-state index contributed by atoms with van der Waals surface area (Å²) in [5.41, 5.74) is 0.582. The Hall–Kier alpha value is -1.88. The lowest BCUT2D eigenvalue weighted by atomic mass is 9.72. The van der Waals surface area contributed by atoms with E-state index < -0.39 is 5.41 Å². The van der Waals surface area contributed by atoms with Gasteiger partial charge in [-0.1, -0.05) is 30.3 Å². The molecule has 21 heavy (non-hydrogen) atoms. The second-order valence-corrected chi connectivity index (χ2v) is 5.38. The van der Waals surface area contributed by atoms with E-state index in [2.05, 4.69) is 16.0 Å². The van der Waals surface area contributed by atoms with E-state index in [1.165, 1.54) is 0 Å². The van der Waals surface area contributed by atoms with Crippen molar-refractivity contribution in [3.8, 4) is 0 Å². The number of carbonyl (C=O) groups excluding carboxylic acids is 2. The van der Waals surface area contributed by atoms with Gasteiger partial charge in [0, 0.05) is 20.0 Å². The monoisotopic (exact) mass is 289 g/mol. The highest BCUT2D eigenvalue weighted by Gasteiger charge is 2.40. The summed E-state index contributed by atoms with van der Waals surface area (Å²) >= 11 is 0. The zero-order valence-corrected chi connectivity index (χ0v) is 12.4. The minimum atomic E-state index is -0.477. The van der Waals surface area contributed by atoms with E-state index in [0.29, 0.717) is 13.0 Å². The Morgan fingerprint density at radius 3 is 2.48 bits per heavy atom. The van der Waals surface area contributed by atoms with Gasteiger partial charge in [-0.2, -0.15) is 0 Å². The van der Waals surface area contributed by atoms with Gasteiger partial charge >= 0.3 is 0 Å². The van der Waals surface area contributed by atoms with Crippen LogP contribution in [0.25, 0.3) is 0 Å². The smallest absolute Gasteiger partial charge is 0.230 e. The molecule has 5 heteroatoms. The normalized spacial score (nSPS) is 17.0. The fourth-order valence-corrected chi connectivity index (χ4v) is 2.84. The highest BCUT2D eigenvalue weighted by molar-refractivity contribution is 5.88. The lowest BCUT2D eigenvalue weighted by molar-refractivity contribution is -0.128. The van der Waals surface area contributed by atoms with Crippen LogP contribution < -0.4 is 16.0 Å². The van der Waals surface area contributed by atoms with E-state index in [0.717, 1.165) is 31.5 Å². The number of amides is 2. The predicted octanol–water partition coefficient (Wildman–Crippen LogP) is 0.560. The molecule has 2 rings (SSSR count). The van der Waals surface area contributed by atoms with Crippen molar-refractivity contribution in [3.63, 3.8) is 0 Å². The molecule has 0 aromatic heterocycles. The molecule has 0 spiro atoms. The second-order valence-electron chi connectivity index (χ2n) is 5.38. The highest BCUT2D eigenvalue weighted by Crippen LogP contribution is 2.33. The third kappa shape index (κ3) is 3.61. The van der Waals surface area contributed by atoms with E-state index in [1.54, 1.807) is 7.05 Å². The third-order valence-electron chi connectivity index (χ3n) is 4.13. The van der Waals surface area contributed by atoms with Crippen LogP contribution in [-0.2, 0) is 15.0 Å². The summed E-state index contributed by atoms with van der Waals surface area (Å²) in [5.74, 6) is -0.0338.